The molecule has 32 heavy (non-hydrogen) atoms. The molecular weight excluding hydrogens is 408 g/mol. The summed E-state index contributed by atoms with van der Waals surface area (Å²) in [5.41, 5.74) is 8.42. The normalized spacial score (nSPS) is 16.1. The molecular formula is C22H24N8O2. The molecule has 5 heterocycles. The van der Waals surface area contributed by atoms with E-state index in [-0.39, 0.29) is 17.9 Å². The van der Waals surface area contributed by atoms with Gasteiger partial charge >= 0.3 is 0 Å². The SMILES string of the molecule is CC(C)C(C)(c1ccc(-c2cnc(N)nc2)nc1)c1noc(-c2cnn(C3COC3)c2)n1. The van der Waals surface area contributed by atoms with Gasteiger partial charge in [-0.3, -0.25) is 9.67 Å². The van der Waals surface area contributed by atoms with Crippen molar-refractivity contribution in [1.82, 2.24) is 34.9 Å². The maximum absolute atomic E-state index is 5.62. The summed E-state index contributed by atoms with van der Waals surface area (Å²) in [6.45, 7) is 7.71. The number of hydrogen-bond donors (Lipinski definition) is 1. The maximum atomic E-state index is 5.62. The molecule has 0 bridgehead atoms. The van der Waals surface area contributed by atoms with Gasteiger partial charge < -0.3 is 15.0 Å². The molecule has 1 aliphatic rings. The first kappa shape index (κ1) is 20.3. The van der Waals surface area contributed by atoms with E-state index in [4.69, 9.17) is 20.0 Å². The number of ether oxygens (including phenoxy) is 1. The smallest absolute Gasteiger partial charge is 0.261 e. The van der Waals surface area contributed by atoms with Crippen molar-refractivity contribution in [2.75, 3.05) is 18.9 Å². The van der Waals surface area contributed by atoms with E-state index in [0.29, 0.717) is 24.9 Å². The van der Waals surface area contributed by atoms with Crippen LogP contribution in [0.4, 0.5) is 5.95 Å². The van der Waals surface area contributed by atoms with Crippen LogP contribution in [0.1, 0.15) is 38.2 Å². The molecule has 0 amide bonds. The van der Waals surface area contributed by atoms with E-state index in [1.165, 1.54) is 0 Å². The summed E-state index contributed by atoms with van der Waals surface area (Å²) in [4.78, 5) is 17.4. The van der Waals surface area contributed by atoms with Crippen LogP contribution >= 0.6 is 0 Å². The number of nitrogens with two attached hydrogens (primary N) is 1. The summed E-state index contributed by atoms with van der Waals surface area (Å²) in [5, 5.41) is 8.74. The Morgan fingerprint density at radius 1 is 1.06 bits per heavy atom. The quantitative estimate of drug-likeness (QED) is 0.488. The predicted molar refractivity (Wildman–Crippen MR) is 116 cm³/mol. The molecule has 1 atom stereocenters. The van der Waals surface area contributed by atoms with Crippen molar-refractivity contribution < 1.29 is 9.26 Å². The molecule has 0 aromatic carbocycles. The minimum Gasteiger partial charge on any atom is -0.377 e. The molecule has 1 aliphatic heterocycles. The van der Waals surface area contributed by atoms with E-state index in [0.717, 1.165) is 22.4 Å². The van der Waals surface area contributed by atoms with Crippen LogP contribution in [0.2, 0.25) is 0 Å². The Kier molecular flexibility index (Phi) is 4.93. The van der Waals surface area contributed by atoms with Gasteiger partial charge in [0, 0.05) is 30.4 Å². The van der Waals surface area contributed by atoms with Gasteiger partial charge in [0.25, 0.3) is 5.89 Å². The highest BCUT2D eigenvalue weighted by Gasteiger charge is 2.38. The number of aromatic nitrogens is 7. The predicted octanol–water partition coefficient (Wildman–Crippen LogP) is 2.90. The van der Waals surface area contributed by atoms with Gasteiger partial charge in [-0.05, 0) is 24.5 Å². The third-order valence-corrected chi connectivity index (χ3v) is 6.22. The zero-order valence-corrected chi connectivity index (χ0v) is 18.1. The number of hydrogen-bond acceptors (Lipinski definition) is 9. The first-order valence-electron chi connectivity index (χ1n) is 10.5. The lowest BCUT2D eigenvalue weighted by atomic mass is 9.73. The van der Waals surface area contributed by atoms with Crippen LogP contribution in [0.5, 0.6) is 0 Å². The van der Waals surface area contributed by atoms with E-state index in [1.54, 1.807) is 18.6 Å². The standard InChI is InChI=1S/C22H24N8O2/c1-13(2)22(3,16-4-5-18(24-9-16)14-6-25-21(23)26-7-14)20-28-19(32-29-20)15-8-27-30(10-15)17-11-31-12-17/h4-10,13,17H,11-12H2,1-3H3,(H2,23,25,26). The van der Waals surface area contributed by atoms with E-state index < -0.39 is 5.41 Å². The highest BCUT2D eigenvalue weighted by atomic mass is 16.5. The molecule has 1 fully saturated rings. The molecule has 2 N–H and O–H groups in total. The van der Waals surface area contributed by atoms with Crippen molar-refractivity contribution in [2.45, 2.75) is 32.2 Å². The van der Waals surface area contributed by atoms with Gasteiger partial charge in [0.15, 0.2) is 5.82 Å². The molecule has 10 heteroatoms. The van der Waals surface area contributed by atoms with Gasteiger partial charge in [-0.2, -0.15) is 10.1 Å². The highest BCUT2D eigenvalue weighted by Crippen LogP contribution is 2.38. The lowest BCUT2D eigenvalue weighted by molar-refractivity contribution is -0.0286. The Bertz CT molecular complexity index is 1210. The summed E-state index contributed by atoms with van der Waals surface area (Å²) < 4.78 is 12.7. The number of nitrogens with zero attached hydrogens (tertiary/aromatic N) is 7. The maximum Gasteiger partial charge on any atom is 0.261 e. The molecule has 164 valence electrons. The van der Waals surface area contributed by atoms with Gasteiger partial charge in [0.1, 0.15) is 0 Å². The van der Waals surface area contributed by atoms with Crippen LogP contribution in [-0.2, 0) is 10.2 Å². The third kappa shape index (κ3) is 3.42. The fraction of sp³-hybridized carbons (Fsp3) is 0.364. The fourth-order valence-electron chi connectivity index (χ4n) is 3.64. The van der Waals surface area contributed by atoms with Gasteiger partial charge in [0.05, 0.1) is 42.1 Å². The van der Waals surface area contributed by atoms with Gasteiger partial charge in [-0.1, -0.05) is 25.1 Å². The topological polar surface area (TPSA) is 131 Å². The Morgan fingerprint density at radius 3 is 2.47 bits per heavy atom. The monoisotopic (exact) mass is 432 g/mol. The van der Waals surface area contributed by atoms with Crippen LogP contribution in [0.3, 0.4) is 0 Å². The van der Waals surface area contributed by atoms with Crippen molar-refractivity contribution in [3.63, 3.8) is 0 Å². The van der Waals surface area contributed by atoms with E-state index in [9.17, 15) is 0 Å². The molecule has 1 saturated heterocycles. The first-order valence-corrected chi connectivity index (χ1v) is 10.5. The van der Waals surface area contributed by atoms with Crippen molar-refractivity contribution in [3.8, 4) is 22.7 Å². The van der Waals surface area contributed by atoms with Crippen LogP contribution in [0, 0.1) is 5.92 Å². The summed E-state index contributed by atoms with van der Waals surface area (Å²) >= 11 is 0. The van der Waals surface area contributed by atoms with Crippen molar-refractivity contribution >= 4 is 5.95 Å². The van der Waals surface area contributed by atoms with E-state index >= 15 is 0 Å². The molecule has 0 spiro atoms. The van der Waals surface area contributed by atoms with Crippen LogP contribution in [0.25, 0.3) is 22.7 Å². The van der Waals surface area contributed by atoms with Gasteiger partial charge in [-0.15, -0.1) is 0 Å². The lowest BCUT2D eigenvalue weighted by Crippen LogP contribution is -2.31. The number of rotatable bonds is 6. The summed E-state index contributed by atoms with van der Waals surface area (Å²) in [5.74, 6) is 1.47. The second-order valence-electron chi connectivity index (χ2n) is 8.44. The Hall–Kier alpha value is -3.66. The number of pyridine rings is 1. The first-order chi connectivity index (χ1) is 15.4. The Balaban J connectivity index is 1.45. The zero-order valence-electron chi connectivity index (χ0n) is 18.1. The molecule has 4 aromatic rings. The number of nitrogen functional groups attached to an aromatic ring is 1. The molecule has 4 aromatic heterocycles. The van der Waals surface area contributed by atoms with E-state index in [1.807, 2.05) is 29.2 Å². The minimum absolute atomic E-state index is 0.190. The van der Waals surface area contributed by atoms with Crippen molar-refractivity contribution in [3.05, 3.63) is 54.5 Å². The highest BCUT2D eigenvalue weighted by molar-refractivity contribution is 5.58. The van der Waals surface area contributed by atoms with E-state index in [2.05, 4.69) is 46.0 Å². The molecule has 10 nitrogen and oxygen atoms in total. The Morgan fingerprint density at radius 2 is 1.84 bits per heavy atom. The molecule has 0 aliphatic carbocycles. The fourth-order valence-corrected chi connectivity index (χ4v) is 3.64. The van der Waals surface area contributed by atoms with Gasteiger partial charge in [-0.25, -0.2) is 9.97 Å². The average molecular weight is 432 g/mol. The Labute approximate surface area is 184 Å². The summed E-state index contributed by atoms with van der Waals surface area (Å²) in [6.07, 6.45) is 8.83. The summed E-state index contributed by atoms with van der Waals surface area (Å²) in [7, 11) is 0. The lowest BCUT2D eigenvalue weighted by Gasteiger charge is -2.30. The largest absolute Gasteiger partial charge is 0.377 e. The summed E-state index contributed by atoms with van der Waals surface area (Å²) in [6, 6.07) is 4.24. The average Bonchev–Trinajstić information content (AvgIpc) is 3.43. The molecule has 0 saturated carbocycles. The third-order valence-electron chi connectivity index (χ3n) is 6.22. The van der Waals surface area contributed by atoms with Crippen molar-refractivity contribution in [2.24, 2.45) is 5.92 Å². The zero-order chi connectivity index (χ0) is 22.3. The minimum atomic E-state index is -0.497. The van der Waals surface area contributed by atoms with Crippen LogP contribution in [0.15, 0.2) is 47.6 Å². The molecule has 0 radical (unpaired) electrons. The van der Waals surface area contributed by atoms with Gasteiger partial charge in [0.2, 0.25) is 5.95 Å². The van der Waals surface area contributed by atoms with Crippen molar-refractivity contribution in [1.29, 1.82) is 0 Å². The number of anilines is 1. The second kappa shape index (κ2) is 7.79. The second-order valence-corrected chi connectivity index (χ2v) is 8.44. The van der Waals surface area contributed by atoms with Crippen LogP contribution in [-0.4, -0.2) is 48.1 Å². The molecule has 1 unspecified atom stereocenters. The molecule has 5 rings (SSSR count). The van der Waals surface area contributed by atoms with Crippen LogP contribution < -0.4 is 5.73 Å².